The fourth-order valence-electron chi connectivity index (χ4n) is 0.994. The zero-order valence-electron chi connectivity index (χ0n) is 8.76. The maximum atomic E-state index is 11.3. The Hall–Kier alpha value is -0.940. The van der Waals surface area contributed by atoms with Crippen LogP contribution in [0.15, 0.2) is 28.7 Å². The molecule has 16 heavy (non-hydrogen) atoms. The van der Waals surface area contributed by atoms with E-state index in [2.05, 4.69) is 32.1 Å². The SMILES string of the molecule is CC(CCl)NC(=O)NNc1cccc(Br)c1. The number of hydrazine groups is 1. The van der Waals surface area contributed by atoms with Gasteiger partial charge in [0, 0.05) is 16.4 Å². The van der Waals surface area contributed by atoms with Crippen molar-refractivity contribution >= 4 is 39.2 Å². The number of carbonyl (C=O) groups excluding carboxylic acids is 1. The van der Waals surface area contributed by atoms with Crippen molar-refractivity contribution in [3.05, 3.63) is 28.7 Å². The number of benzene rings is 1. The number of carbonyl (C=O) groups is 1. The molecular formula is C10H13BrClN3O. The van der Waals surface area contributed by atoms with Gasteiger partial charge in [-0.2, -0.15) is 0 Å². The summed E-state index contributed by atoms with van der Waals surface area (Å²) >= 11 is 8.90. The molecular weight excluding hydrogens is 293 g/mol. The maximum Gasteiger partial charge on any atom is 0.333 e. The summed E-state index contributed by atoms with van der Waals surface area (Å²) in [4.78, 5) is 11.3. The molecule has 1 rings (SSSR count). The molecule has 0 saturated carbocycles. The molecule has 0 aromatic heterocycles. The van der Waals surface area contributed by atoms with E-state index in [1.807, 2.05) is 31.2 Å². The molecule has 0 bridgehead atoms. The van der Waals surface area contributed by atoms with Crippen LogP contribution in [0.25, 0.3) is 0 Å². The van der Waals surface area contributed by atoms with Crippen LogP contribution in [-0.2, 0) is 0 Å². The fourth-order valence-corrected chi connectivity index (χ4v) is 1.47. The van der Waals surface area contributed by atoms with E-state index in [1.54, 1.807) is 0 Å². The molecule has 0 aliphatic carbocycles. The summed E-state index contributed by atoms with van der Waals surface area (Å²) < 4.78 is 0.939. The van der Waals surface area contributed by atoms with E-state index < -0.39 is 0 Å². The van der Waals surface area contributed by atoms with Gasteiger partial charge in [0.15, 0.2) is 0 Å². The molecule has 2 amide bonds. The number of halogens is 2. The van der Waals surface area contributed by atoms with Crippen LogP contribution in [-0.4, -0.2) is 18.0 Å². The first-order valence-corrected chi connectivity index (χ1v) is 6.08. The molecule has 0 saturated heterocycles. The lowest BCUT2D eigenvalue weighted by molar-refractivity contribution is 0.240. The van der Waals surface area contributed by atoms with Crippen LogP contribution in [0.1, 0.15) is 6.92 Å². The van der Waals surface area contributed by atoms with E-state index in [4.69, 9.17) is 11.6 Å². The van der Waals surface area contributed by atoms with Gasteiger partial charge in [0.25, 0.3) is 0 Å². The zero-order chi connectivity index (χ0) is 12.0. The topological polar surface area (TPSA) is 53.2 Å². The van der Waals surface area contributed by atoms with Gasteiger partial charge >= 0.3 is 6.03 Å². The van der Waals surface area contributed by atoms with E-state index in [0.717, 1.165) is 10.2 Å². The second-order valence-electron chi connectivity index (χ2n) is 3.29. The quantitative estimate of drug-likeness (QED) is 0.592. The summed E-state index contributed by atoms with van der Waals surface area (Å²) in [6.45, 7) is 1.83. The predicted octanol–water partition coefficient (Wildman–Crippen LogP) is 2.70. The number of hydrogen-bond donors (Lipinski definition) is 3. The monoisotopic (exact) mass is 305 g/mol. The van der Waals surface area contributed by atoms with Gasteiger partial charge in [0.05, 0.1) is 5.69 Å². The number of amides is 2. The minimum absolute atomic E-state index is 0.0639. The summed E-state index contributed by atoms with van der Waals surface area (Å²) in [6.07, 6.45) is 0. The smallest absolute Gasteiger partial charge is 0.333 e. The first-order valence-electron chi connectivity index (χ1n) is 4.76. The molecule has 0 heterocycles. The summed E-state index contributed by atoms with van der Waals surface area (Å²) in [6, 6.07) is 7.09. The molecule has 1 aromatic carbocycles. The average molecular weight is 307 g/mol. The van der Waals surface area contributed by atoms with E-state index in [-0.39, 0.29) is 12.1 Å². The van der Waals surface area contributed by atoms with Gasteiger partial charge in [-0.25, -0.2) is 4.79 Å². The number of rotatable bonds is 4. The second kappa shape index (κ2) is 6.60. The lowest BCUT2D eigenvalue weighted by Crippen LogP contribution is -2.43. The number of nitrogens with one attached hydrogen (secondary N) is 3. The fraction of sp³-hybridized carbons (Fsp3) is 0.300. The summed E-state index contributed by atoms with van der Waals surface area (Å²) in [5.74, 6) is 0.379. The Morgan fingerprint density at radius 1 is 1.56 bits per heavy atom. The number of hydrogen-bond acceptors (Lipinski definition) is 2. The van der Waals surface area contributed by atoms with Crippen LogP contribution in [0.3, 0.4) is 0 Å². The Morgan fingerprint density at radius 2 is 2.31 bits per heavy atom. The summed E-state index contributed by atoms with van der Waals surface area (Å²) in [5.41, 5.74) is 6.09. The third-order valence-corrected chi connectivity index (χ3v) is 2.71. The number of urea groups is 1. The Labute approximate surface area is 108 Å². The standard InChI is InChI=1S/C10H13BrClN3O/c1-7(6-12)13-10(16)15-14-9-4-2-3-8(11)5-9/h2-5,7,14H,6H2,1H3,(H2,13,15,16). The van der Waals surface area contributed by atoms with Gasteiger partial charge in [-0.1, -0.05) is 22.0 Å². The van der Waals surface area contributed by atoms with E-state index in [1.165, 1.54) is 0 Å². The summed E-state index contributed by atoms with van der Waals surface area (Å²) in [7, 11) is 0. The third kappa shape index (κ3) is 4.72. The van der Waals surface area contributed by atoms with E-state index in [9.17, 15) is 4.79 Å². The van der Waals surface area contributed by atoms with E-state index in [0.29, 0.717) is 5.88 Å². The number of anilines is 1. The predicted molar refractivity (Wildman–Crippen MR) is 69.6 cm³/mol. The van der Waals surface area contributed by atoms with Crippen molar-refractivity contribution in [1.29, 1.82) is 0 Å². The third-order valence-electron chi connectivity index (χ3n) is 1.75. The van der Waals surface area contributed by atoms with Gasteiger partial charge in [-0.3, -0.25) is 10.9 Å². The van der Waals surface area contributed by atoms with Crippen molar-refractivity contribution in [3.63, 3.8) is 0 Å². The van der Waals surface area contributed by atoms with Crippen molar-refractivity contribution in [2.24, 2.45) is 0 Å². The largest absolute Gasteiger partial charge is 0.333 e. The molecule has 3 N–H and O–H groups in total. The highest BCUT2D eigenvalue weighted by Crippen LogP contribution is 2.14. The molecule has 4 nitrogen and oxygen atoms in total. The first-order chi connectivity index (χ1) is 7.61. The molecule has 0 fully saturated rings. The second-order valence-corrected chi connectivity index (χ2v) is 4.51. The van der Waals surface area contributed by atoms with Gasteiger partial charge in [0.2, 0.25) is 0 Å². The highest BCUT2D eigenvalue weighted by atomic mass is 79.9. The molecule has 88 valence electrons. The normalized spacial score (nSPS) is 11.7. The van der Waals surface area contributed by atoms with Gasteiger partial charge in [-0.15, -0.1) is 11.6 Å². The highest BCUT2D eigenvalue weighted by Gasteiger charge is 2.04. The average Bonchev–Trinajstić information content (AvgIpc) is 2.26. The Morgan fingerprint density at radius 3 is 2.94 bits per heavy atom. The van der Waals surface area contributed by atoms with Crippen LogP contribution < -0.4 is 16.2 Å². The first kappa shape index (κ1) is 13.1. The molecule has 0 aliphatic heterocycles. The van der Waals surface area contributed by atoms with E-state index >= 15 is 0 Å². The van der Waals surface area contributed by atoms with Gasteiger partial charge < -0.3 is 5.32 Å². The maximum absolute atomic E-state index is 11.3. The highest BCUT2D eigenvalue weighted by molar-refractivity contribution is 9.10. The zero-order valence-corrected chi connectivity index (χ0v) is 11.1. The van der Waals surface area contributed by atoms with Gasteiger partial charge in [-0.05, 0) is 25.1 Å². The Kier molecular flexibility index (Phi) is 5.42. The van der Waals surface area contributed by atoms with Crippen molar-refractivity contribution in [3.8, 4) is 0 Å². The van der Waals surface area contributed by atoms with Crippen molar-refractivity contribution in [2.75, 3.05) is 11.3 Å². The lowest BCUT2D eigenvalue weighted by atomic mass is 10.3. The van der Waals surface area contributed by atoms with Crippen LogP contribution >= 0.6 is 27.5 Å². The van der Waals surface area contributed by atoms with Crippen LogP contribution in [0, 0.1) is 0 Å². The molecule has 1 aromatic rings. The lowest BCUT2D eigenvalue weighted by Gasteiger charge is -2.13. The minimum atomic E-state index is -0.312. The molecule has 6 heteroatoms. The molecule has 0 spiro atoms. The van der Waals surface area contributed by atoms with Crippen LogP contribution in [0.5, 0.6) is 0 Å². The molecule has 0 aliphatic rings. The van der Waals surface area contributed by atoms with Crippen molar-refractivity contribution in [2.45, 2.75) is 13.0 Å². The Bertz CT molecular complexity index is 362. The summed E-state index contributed by atoms with van der Waals surface area (Å²) in [5, 5.41) is 2.66. The van der Waals surface area contributed by atoms with Crippen molar-refractivity contribution in [1.82, 2.24) is 10.7 Å². The molecule has 1 unspecified atom stereocenters. The van der Waals surface area contributed by atoms with Crippen molar-refractivity contribution < 1.29 is 4.79 Å². The Balaban J connectivity index is 2.37. The van der Waals surface area contributed by atoms with Crippen LogP contribution in [0.4, 0.5) is 10.5 Å². The van der Waals surface area contributed by atoms with Crippen LogP contribution in [0.2, 0.25) is 0 Å². The van der Waals surface area contributed by atoms with Gasteiger partial charge in [0.1, 0.15) is 0 Å². The molecule has 1 atom stereocenters. The minimum Gasteiger partial charge on any atom is -0.333 e. The number of alkyl halides is 1. The molecule has 0 radical (unpaired) electrons.